The van der Waals surface area contributed by atoms with Crippen LogP contribution in [0.2, 0.25) is 0 Å². The first-order valence-electron chi connectivity index (χ1n) is 4.09. The van der Waals surface area contributed by atoms with E-state index >= 15 is 0 Å². The quantitative estimate of drug-likeness (QED) is 0.531. The zero-order valence-corrected chi connectivity index (χ0v) is 7.41. The zero-order valence-electron chi connectivity index (χ0n) is 7.41. The summed E-state index contributed by atoms with van der Waals surface area (Å²) >= 11 is 0. The molecule has 2 nitrogen and oxygen atoms in total. The first-order chi connectivity index (χ1) is 5.77. The second kappa shape index (κ2) is 2.63. The number of hydrogen-bond donors (Lipinski definition) is 0. The molecule has 1 aromatic rings. The Kier molecular flexibility index (Phi) is 1.61. The Bertz CT molecular complexity index is 406. The molecular weight excluding hydrogens is 148 g/mol. The molecule has 12 heavy (non-hydrogen) atoms. The van der Waals surface area contributed by atoms with Gasteiger partial charge in [0, 0.05) is 18.5 Å². The van der Waals surface area contributed by atoms with Gasteiger partial charge in [0.15, 0.2) is 0 Å². The van der Waals surface area contributed by atoms with E-state index in [4.69, 9.17) is 0 Å². The van der Waals surface area contributed by atoms with Crippen molar-refractivity contribution in [2.24, 2.45) is 4.99 Å². The van der Waals surface area contributed by atoms with E-state index in [9.17, 15) is 0 Å². The highest BCUT2D eigenvalue weighted by Gasteiger charge is 1.98. The van der Waals surface area contributed by atoms with Crippen LogP contribution in [0.4, 0.5) is 0 Å². The van der Waals surface area contributed by atoms with Crippen LogP contribution in [0.15, 0.2) is 23.2 Å². The van der Waals surface area contributed by atoms with Crippen molar-refractivity contribution < 1.29 is 0 Å². The lowest BCUT2D eigenvalue weighted by molar-refractivity contribution is 0.498. The Labute approximate surface area is 71.9 Å². The number of hydrogen-bond acceptors (Lipinski definition) is 2. The molecule has 1 heterocycles. The third-order valence-electron chi connectivity index (χ3n) is 2.08. The smallest absolute Gasteiger partial charge is 0.110 e. The van der Waals surface area contributed by atoms with Gasteiger partial charge in [-0.3, -0.25) is 4.99 Å². The molecule has 0 aliphatic carbocycles. The first kappa shape index (κ1) is 7.35. The van der Waals surface area contributed by atoms with Crippen molar-refractivity contribution in [2.45, 2.75) is 6.92 Å². The highest BCUT2D eigenvalue weighted by Crippen LogP contribution is 1.90. The number of aryl methyl sites for hydroxylation is 1. The van der Waals surface area contributed by atoms with Crippen LogP contribution < -0.4 is 10.6 Å². The largest absolute Gasteiger partial charge is 0.361 e. The van der Waals surface area contributed by atoms with Gasteiger partial charge in [0.05, 0.1) is 5.36 Å². The van der Waals surface area contributed by atoms with Gasteiger partial charge >= 0.3 is 0 Å². The van der Waals surface area contributed by atoms with Gasteiger partial charge in [-0.15, -0.1) is 0 Å². The summed E-state index contributed by atoms with van der Waals surface area (Å²) < 4.78 is 0. The average molecular weight is 160 g/mol. The molecule has 0 saturated heterocycles. The second-order valence-corrected chi connectivity index (χ2v) is 3.20. The maximum atomic E-state index is 4.47. The first-order valence-corrected chi connectivity index (χ1v) is 4.09. The Morgan fingerprint density at radius 3 is 3.08 bits per heavy atom. The number of para-hydroxylation sites is 1. The van der Waals surface area contributed by atoms with Gasteiger partial charge in [0.2, 0.25) is 0 Å². The van der Waals surface area contributed by atoms with Crippen molar-refractivity contribution in [3.05, 3.63) is 34.3 Å². The molecule has 0 N–H and O–H groups in total. The maximum Gasteiger partial charge on any atom is 0.110 e. The molecule has 62 valence electrons. The summed E-state index contributed by atoms with van der Waals surface area (Å²) in [5, 5.41) is 2.37. The topological polar surface area (TPSA) is 15.6 Å². The molecule has 0 bridgehead atoms. The van der Waals surface area contributed by atoms with E-state index in [0.717, 1.165) is 12.0 Å². The van der Waals surface area contributed by atoms with Gasteiger partial charge < -0.3 is 4.90 Å². The lowest BCUT2D eigenvalue weighted by Gasteiger charge is -2.14. The van der Waals surface area contributed by atoms with Gasteiger partial charge in [-0.1, -0.05) is 18.2 Å². The molecule has 1 aromatic carbocycles. The van der Waals surface area contributed by atoms with E-state index in [1.165, 1.54) is 10.8 Å². The average Bonchev–Trinajstić information content (AvgIpc) is 2.04. The highest BCUT2D eigenvalue weighted by molar-refractivity contribution is 5.26. The monoisotopic (exact) mass is 160 g/mol. The molecule has 1 aliphatic heterocycles. The molecule has 0 unspecified atom stereocenters. The van der Waals surface area contributed by atoms with Crippen molar-refractivity contribution in [2.75, 3.05) is 13.7 Å². The fourth-order valence-electron chi connectivity index (χ4n) is 1.46. The summed E-state index contributed by atoms with van der Waals surface area (Å²) in [7, 11) is 2.04. The number of benzene rings is 1. The lowest BCUT2D eigenvalue weighted by atomic mass is 10.2. The van der Waals surface area contributed by atoms with E-state index in [0.29, 0.717) is 0 Å². The fourth-order valence-corrected chi connectivity index (χ4v) is 1.46. The molecule has 0 saturated carbocycles. The minimum absolute atomic E-state index is 0.776. The minimum Gasteiger partial charge on any atom is -0.361 e. The molecule has 0 aromatic heterocycles. The van der Waals surface area contributed by atoms with Gasteiger partial charge in [0.1, 0.15) is 6.67 Å². The lowest BCUT2D eigenvalue weighted by Crippen LogP contribution is -2.35. The van der Waals surface area contributed by atoms with Crippen LogP contribution in [-0.4, -0.2) is 18.6 Å². The van der Waals surface area contributed by atoms with Crippen molar-refractivity contribution in [1.82, 2.24) is 4.90 Å². The van der Waals surface area contributed by atoms with E-state index in [1.807, 2.05) is 7.05 Å². The predicted octanol–water partition coefficient (Wildman–Crippen LogP) is 0.256. The highest BCUT2D eigenvalue weighted by atomic mass is 15.2. The summed E-state index contributed by atoms with van der Waals surface area (Å²) in [5.41, 5.74) is 1.26. The van der Waals surface area contributed by atoms with Crippen LogP contribution in [-0.2, 0) is 0 Å². The van der Waals surface area contributed by atoms with E-state index in [-0.39, 0.29) is 0 Å². The van der Waals surface area contributed by atoms with E-state index < -0.39 is 0 Å². The van der Waals surface area contributed by atoms with Gasteiger partial charge in [-0.25, -0.2) is 0 Å². The number of fused-ring (bicyclic) bond motifs is 1. The van der Waals surface area contributed by atoms with E-state index in [1.54, 1.807) is 0 Å². The Hall–Kier alpha value is -1.31. The van der Waals surface area contributed by atoms with Crippen LogP contribution in [0.5, 0.6) is 0 Å². The number of rotatable bonds is 0. The van der Waals surface area contributed by atoms with Crippen molar-refractivity contribution >= 4 is 6.20 Å². The molecule has 1 aliphatic rings. The molecule has 0 fully saturated rings. The molecule has 0 spiro atoms. The van der Waals surface area contributed by atoms with Crippen molar-refractivity contribution in [3.63, 3.8) is 0 Å². The summed E-state index contributed by atoms with van der Waals surface area (Å²) in [5.74, 6) is 0. The maximum absolute atomic E-state index is 4.47. The molecule has 0 atom stereocenters. The molecular formula is C10H12N2. The summed E-state index contributed by atoms with van der Waals surface area (Å²) in [6, 6.07) is 6.27. The third-order valence-corrected chi connectivity index (χ3v) is 2.08. The number of nitrogens with zero attached hydrogens (tertiary/aromatic N) is 2. The molecule has 0 amide bonds. The minimum atomic E-state index is 0.776. The van der Waals surface area contributed by atoms with E-state index in [2.05, 4.69) is 41.2 Å². The third kappa shape index (κ3) is 1.09. The van der Waals surface area contributed by atoms with Crippen molar-refractivity contribution in [1.29, 1.82) is 0 Å². The van der Waals surface area contributed by atoms with Gasteiger partial charge in [-0.05, 0) is 12.5 Å². The van der Waals surface area contributed by atoms with Crippen LogP contribution in [0, 0.1) is 6.92 Å². The van der Waals surface area contributed by atoms with Crippen molar-refractivity contribution in [3.8, 4) is 0 Å². The molecule has 0 radical (unpaired) electrons. The SMILES string of the molecule is Cc1cccc2c1=NCN(C)C=2. The predicted molar refractivity (Wildman–Crippen MR) is 49.1 cm³/mol. The standard InChI is InChI=1S/C10H12N2/c1-8-4-3-5-9-6-12(2)7-11-10(8)9/h3-6H,7H2,1-2H3. The zero-order chi connectivity index (χ0) is 8.55. The van der Waals surface area contributed by atoms with Crippen LogP contribution >= 0.6 is 0 Å². The Morgan fingerprint density at radius 2 is 2.25 bits per heavy atom. The summed E-state index contributed by atoms with van der Waals surface area (Å²) in [6.07, 6.45) is 2.13. The normalized spacial score (nSPS) is 14.7. The molecule has 2 heteroatoms. The summed E-state index contributed by atoms with van der Waals surface area (Å²) in [4.78, 5) is 6.55. The van der Waals surface area contributed by atoms with Gasteiger partial charge in [-0.2, -0.15) is 0 Å². The summed E-state index contributed by atoms with van der Waals surface area (Å²) in [6.45, 7) is 2.87. The van der Waals surface area contributed by atoms with Gasteiger partial charge in [0.25, 0.3) is 0 Å². The Balaban J connectivity index is 2.78. The van der Waals surface area contributed by atoms with Crippen LogP contribution in [0.1, 0.15) is 5.56 Å². The fraction of sp³-hybridized carbons (Fsp3) is 0.300. The Morgan fingerprint density at radius 1 is 1.42 bits per heavy atom. The van der Waals surface area contributed by atoms with Crippen LogP contribution in [0.25, 0.3) is 6.20 Å². The second-order valence-electron chi connectivity index (χ2n) is 3.20. The van der Waals surface area contributed by atoms with Crippen LogP contribution in [0.3, 0.4) is 0 Å². The molecule has 2 rings (SSSR count).